The predicted octanol–water partition coefficient (Wildman–Crippen LogP) is 4.79. The number of nitrogens with one attached hydrogen (secondary N) is 1. The van der Waals surface area contributed by atoms with E-state index in [9.17, 15) is 9.59 Å². The van der Waals surface area contributed by atoms with Gasteiger partial charge in [0.15, 0.2) is 5.78 Å². The van der Waals surface area contributed by atoms with Crippen LogP contribution in [0.4, 0.5) is 4.79 Å². The number of primary amides is 1. The number of H-pyrrole nitrogens is 1. The number of aromatic amines is 1. The van der Waals surface area contributed by atoms with Gasteiger partial charge in [0.2, 0.25) is 5.72 Å². The van der Waals surface area contributed by atoms with Crippen molar-refractivity contribution >= 4 is 22.8 Å². The number of fused-ring (bicyclic) bond motifs is 1. The standard InChI is InChI=1S/C27H27N3O3/c1-20(31)27(33-26(28)32,16-23-17-29-25-15-9-8-14-24(23)25)30(18-21-10-4-2-5-11-21)19-22-12-6-3-7-13-22/h2-15,17,29H,16,18-19H2,1H3,(H2,28,32)/t27-/m0/s1. The summed E-state index contributed by atoms with van der Waals surface area (Å²) in [5, 5.41) is 0.968. The van der Waals surface area contributed by atoms with Crippen molar-refractivity contribution in [3.63, 3.8) is 0 Å². The van der Waals surface area contributed by atoms with Crippen LogP contribution in [0.1, 0.15) is 23.6 Å². The first-order valence-corrected chi connectivity index (χ1v) is 10.9. The molecule has 0 bridgehead atoms. The van der Waals surface area contributed by atoms with Gasteiger partial charge in [-0.05, 0) is 22.8 Å². The minimum atomic E-state index is -1.58. The molecular formula is C27H27N3O3. The maximum absolute atomic E-state index is 13.3. The highest BCUT2D eigenvalue weighted by Gasteiger charge is 2.46. The van der Waals surface area contributed by atoms with E-state index in [1.807, 2.05) is 96.0 Å². The average Bonchev–Trinajstić information content (AvgIpc) is 3.22. The highest BCUT2D eigenvalue weighted by Crippen LogP contribution is 2.31. The summed E-state index contributed by atoms with van der Waals surface area (Å²) in [6, 6.07) is 27.4. The van der Waals surface area contributed by atoms with Gasteiger partial charge >= 0.3 is 6.09 Å². The van der Waals surface area contributed by atoms with Gasteiger partial charge in [-0.2, -0.15) is 0 Å². The van der Waals surface area contributed by atoms with Gasteiger partial charge in [-0.25, -0.2) is 4.79 Å². The first-order chi connectivity index (χ1) is 16.0. The molecule has 33 heavy (non-hydrogen) atoms. The number of rotatable bonds is 9. The molecule has 1 atom stereocenters. The van der Waals surface area contributed by atoms with E-state index in [2.05, 4.69) is 4.98 Å². The molecule has 6 nitrogen and oxygen atoms in total. The summed E-state index contributed by atoms with van der Waals surface area (Å²) >= 11 is 0. The molecule has 0 saturated heterocycles. The lowest BCUT2D eigenvalue weighted by atomic mass is 9.95. The SMILES string of the molecule is CC(=O)[C@](Cc1c[nH]c2ccccc12)(OC(N)=O)N(Cc1ccccc1)Cc1ccccc1. The van der Waals surface area contributed by atoms with E-state index in [1.54, 1.807) is 0 Å². The molecule has 168 valence electrons. The molecule has 0 fully saturated rings. The molecule has 4 rings (SSSR count). The van der Waals surface area contributed by atoms with Gasteiger partial charge in [-0.15, -0.1) is 0 Å². The number of carbonyl (C=O) groups is 2. The van der Waals surface area contributed by atoms with Gasteiger partial charge in [0.1, 0.15) is 0 Å². The number of amides is 1. The third-order valence-electron chi connectivity index (χ3n) is 5.87. The van der Waals surface area contributed by atoms with Gasteiger partial charge < -0.3 is 15.5 Å². The largest absolute Gasteiger partial charge is 0.420 e. The Morgan fingerprint density at radius 3 is 1.97 bits per heavy atom. The molecule has 4 aromatic rings. The topological polar surface area (TPSA) is 88.4 Å². The Kier molecular flexibility index (Phi) is 6.56. The van der Waals surface area contributed by atoms with Crippen LogP contribution in [0.2, 0.25) is 0 Å². The van der Waals surface area contributed by atoms with Crippen LogP contribution in [0.5, 0.6) is 0 Å². The van der Waals surface area contributed by atoms with Crippen LogP contribution in [-0.2, 0) is 29.0 Å². The number of ketones is 1. The van der Waals surface area contributed by atoms with E-state index in [0.717, 1.165) is 27.6 Å². The zero-order valence-electron chi connectivity index (χ0n) is 18.5. The Bertz CT molecular complexity index is 1200. The van der Waals surface area contributed by atoms with Gasteiger partial charge in [0, 0.05) is 43.5 Å². The summed E-state index contributed by atoms with van der Waals surface area (Å²) in [5.41, 5.74) is 7.75. The Morgan fingerprint density at radius 2 is 1.42 bits per heavy atom. The van der Waals surface area contributed by atoms with Crippen LogP contribution in [0.15, 0.2) is 91.1 Å². The van der Waals surface area contributed by atoms with Crippen LogP contribution in [0.25, 0.3) is 10.9 Å². The molecule has 0 spiro atoms. The lowest BCUT2D eigenvalue weighted by Gasteiger charge is -2.41. The quantitative estimate of drug-likeness (QED) is 0.366. The summed E-state index contributed by atoms with van der Waals surface area (Å²) in [7, 11) is 0. The van der Waals surface area contributed by atoms with E-state index in [-0.39, 0.29) is 12.2 Å². The zero-order chi connectivity index (χ0) is 23.3. The molecule has 3 aromatic carbocycles. The summed E-state index contributed by atoms with van der Waals surface area (Å²) in [5.74, 6) is -0.293. The number of hydrogen-bond acceptors (Lipinski definition) is 4. The molecule has 6 heteroatoms. The molecule has 1 aromatic heterocycles. The Morgan fingerprint density at radius 1 is 0.879 bits per heavy atom. The van der Waals surface area contributed by atoms with Crippen molar-refractivity contribution in [3.8, 4) is 0 Å². The predicted molar refractivity (Wildman–Crippen MR) is 128 cm³/mol. The van der Waals surface area contributed by atoms with Gasteiger partial charge in [-0.1, -0.05) is 78.9 Å². The molecule has 1 amide bonds. The van der Waals surface area contributed by atoms with E-state index in [4.69, 9.17) is 10.5 Å². The molecule has 0 aliphatic rings. The second-order valence-electron chi connectivity index (χ2n) is 8.13. The fourth-order valence-corrected chi connectivity index (χ4v) is 4.25. The monoisotopic (exact) mass is 441 g/mol. The van der Waals surface area contributed by atoms with Crippen molar-refractivity contribution in [2.75, 3.05) is 0 Å². The van der Waals surface area contributed by atoms with Crippen molar-refractivity contribution in [2.45, 2.75) is 32.2 Å². The number of para-hydroxylation sites is 1. The van der Waals surface area contributed by atoms with Gasteiger partial charge in [0.25, 0.3) is 0 Å². The van der Waals surface area contributed by atoms with Crippen LogP contribution in [0.3, 0.4) is 0 Å². The van der Waals surface area contributed by atoms with Crippen molar-refractivity contribution in [1.82, 2.24) is 9.88 Å². The maximum Gasteiger partial charge on any atom is 0.406 e. The van der Waals surface area contributed by atoms with Crippen molar-refractivity contribution in [3.05, 3.63) is 108 Å². The Labute approximate surface area is 193 Å². The molecular weight excluding hydrogens is 414 g/mol. The van der Waals surface area contributed by atoms with Crippen molar-refractivity contribution < 1.29 is 14.3 Å². The fraction of sp³-hybridized carbons (Fsp3) is 0.185. The van der Waals surface area contributed by atoms with Crippen molar-refractivity contribution in [2.24, 2.45) is 5.73 Å². The number of ether oxygens (including phenoxy) is 1. The number of carbonyl (C=O) groups excluding carboxylic acids is 2. The van der Waals surface area contributed by atoms with E-state index >= 15 is 0 Å². The second-order valence-corrected chi connectivity index (χ2v) is 8.13. The number of nitrogens with zero attached hydrogens (tertiary/aromatic N) is 1. The molecule has 1 heterocycles. The van der Waals surface area contributed by atoms with Crippen LogP contribution >= 0.6 is 0 Å². The maximum atomic E-state index is 13.3. The third-order valence-corrected chi connectivity index (χ3v) is 5.87. The molecule has 0 aliphatic carbocycles. The lowest BCUT2D eigenvalue weighted by Crippen LogP contribution is -2.58. The smallest absolute Gasteiger partial charge is 0.406 e. The second kappa shape index (κ2) is 9.71. The lowest BCUT2D eigenvalue weighted by molar-refractivity contribution is -0.162. The average molecular weight is 442 g/mol. The number of Topliss-reactive ketones (excluding diaryl/α,β-unsaturated/α-hetero) is 1. The van der Waals surface area contributed by atoms with Gasteiger partial charge in [0.05, 0.1) is 0 Å². The molecule has 0 unspecified atom stereocenters. The number of benzene rings is 3. The van der Waals surface area contributed by atoms with E-state index in [1.165, 1.54) is 6.92 Å². The molecule has 0 aliphatic heterocycles. The summed E-state index contributed by atoms with van der Waals surface area (Å²) in [6.07, 6.45) is 1.03. The van der Waals surface area contributed by atoms with E-state index in [0.29, 0.717) is 13.1 Å². The summed E-state index contributed by atoms with van der Waals surface area (Å²) in [6.45, 7) is 2.23. The molecule has 0 saturated carbocycles. The van der Waals surface area contributed by atoms with Crippen LogP contribution < -0.4 is 5.73 Å². The van der Waals surface area contributed by atoms with E-state index < -0.39 is 11.8 Å². The highest BCUT2D eigenvalue weighted by atomic mass is 16.6. The number of aromatic nitrogens is 1. The minimum Gasteiger partial charge on any atom is -0.420 e. The highest BCUT2D eigenvalue weighted by molar-refractivity contribution is 5.89. The first kappa shape index (κ1) is 22.3. The third kappa shape index (κ3) is 4.96. The number of nitrogens with two attached hydrogens (primary N) is 1. The van der Waals surface area contributed by atoms with Crippen LogP contribution in [0, 0.1) is 0 Å². The Balaban J connectivity index is 1.82. The summed E-state index contributed by atoms with van der Waals surface area (Å²) < 4.78 is 5.73. The minimum absolute atomic E-state index is 0.162. The molecule has 0 radical (unpaired) electrons. The van der Waals surface area contributed by atoms with Crippen molar-refractivity contribution in [1.29, 1.82) is 0 Å². The first-order valence-electron chi connectivity index (χ1n) is 10.9. The Hall–Kier alpha value is -3.90. The summed E-state index contributed by atoms with van der Waals surface area (Å²) in [4.78, 5) is 30.6. The number of hydrogen-bond donors (Lipinski definition) is 2. The van der Waals surface area contributed by atoms with Gasteiger partial charge in [-0.3, -0.25) is 9.69 Å². The fourth-order valence-electron chi connectivity index (χ4n) is 4.25. The zero-order valence-corrected chi connectivity index (χ0v) is 18.5. The van der Waals surface area contributed by atoms with Crippen LogP contribution in [-0.4, -0.2) is 27.5 Å². The normalized spacial score (nSPS) is 13.0. The molecule has 3 N–H and O–H groups in total.